The summed E-state index contributed by atoms with van der Waals surface area (Å²) in [5.41, 5.74) is 0. The van der Waals surface area contributed by atoms with Crippen LogP contribution in [0.25, 0.3) is 0 Å². The van der Waals surface area contributed by atoms with Gasteiger partial charge in [0.15, 0.2) is 5.82 Å². The minimum Gasteiger partial charge on any atom is -0.343 e. The fourth-order valence-corrected chi connectivity index (χ4v) is 2.52. The van der Waals surface area contributed by atoms with Crippen molar-refractivity contribution in [2.75, 3.05) is 13.1 Å². The van der Waals surface area contributed by atoms with Gasteiger partial charge in [0.25, 0.3) is 0 Å². The lowest BCUT2D eigenvalue weighted by Gasteiger charge is -2.31. The minimum atomic E-state index is 0.298. The number of carbonyl (C=O) groups excluding carboxylic acids is 1. The van der Waals surface area contributed by atoms with E-state index in [-0.39, 0.29) is 0 Å². The molecule has 0 aliphatic carbocycles. The summed E-state index contributed by atoms with van der Waals surface area (Å²) in [6.07, 6.45) is 5.35. The van der Waals surface area contributed by atoms with Gasteiger partial charge in [-0.15, -0.1) is 0 Å². The summed E-state index contributed by atoms with van der Waals surface area (Å²) in [5, 5.41) is 3.92. The first-order valence-corrected chi connectivity index (χ1v) is 7.32. The Labute approximate surface area is 114 Å². The molecule has 1 aliphatic heterocycles. The van der Waals surface area contributed by atoms with Gasteiger partial charge in [-0.2, -0.15) is 4.98 Å². The number of carbonyl (C=O) groups is 1. The first-order valence-electron chi connectivity index (χ1n) is 7.32. The van der Waals surface area contributed by atoms with Crippen molar-refractivity contribution in [3.05, 3.63) is 11.7 Å². The standard InChI is InChI=1S/C14H23N3O2/c1-3-5-14(18)17-8-6-11(7-9-17)10-13-15-12(4-2)16-19-13/h11H,3-10H2,1-2H3. The lowest BCUT2D eigenvalue weighted by Crippen LogP contribution is -2.38. The number of amides is 1. The van der Waals surface area contributed by atoms with Gasteiger partial charge in [-0.05, 0) is 25.2 Å². The zero-order chi connectivity index (χ0) is 13.7. The van der Waals surface area contributed by atoms with Crippen LogP contribution < -0.4 is 0 Å². The molecule has 1 aromatic rings. The number of aromatic nitrogens is 2. The van der Waals surface area contributed by atoms with Gasteiger partial charge in [-0.25, -0.2) is 0 Å². The Morgan fingerprint density at radius 3 is 2.68 bits per heavy atom. The Morgan fingerprint density at radius 2 is 2.11 bits per heavy atom. The van der Waals surface area contributed by atoms with Crippen molar-refractivity contribution in [1.82, 2.24) is 15.0 Å². The normalized spacial score (nSPS) is 16.8. The molecule has 1 amide bonds. The van der Waals surface area contributed by atoms with Gasteiger partial charge in [0.05, 0.1) is 0 Å². The van der Waals surface area contributed by atoms with Gasteiger partial charge in [-0.1, -0.05) is 19.0 Å². The number of hydrogen-bond acceptors (Lipinski definition) is 4. The number of likely N-dealkylation sites (tertiary alicyclic amines) is 1. The maximum atomic E-state index is 11.8. The Kier molecular flexibility index (Phi) is 4.93. The summed E-state index contributed by atoms with van der Waals surface area (Å²) in [7, 11) is 0. The minimum absolute atomic E-state index is 0.298. The Morgan fingerprint density at radius 1 is 1.37 bits per heavy atom. The van der Waals surface area contributed by atoms with Crippen LogP contribution >= 0.6 is 0 Å². The summed E-state index contributed by atoms with van der Waals surface area (Å²) in [6.45, 7) is 5.81. The number of piperidine rings is 1. The second-order valence-corrected chi connectivity index (χ2v) is 5.24. The Bertz CT molecular complexity index is 409. The van der Waals surface area contributed by atoms with Crippen molar-refractivity contribution < 1.29 is 9.32 Å². The van der Waals surface area contributed by atoms with Gasteiger partial charge in [0.1, 0.15) is 0 Å². The highest BCUT2D eigenvalue weighted by Crippen LogP contribution is 2.21. The molecule has 2 rings (SSSR count). The van der Waals surface area contributed by atoms with E-state index in [1.54, 1.807) is 0 Å². The molecule has 1 aliphatic rings. The smallest absolute Gasteiger partial charge is 0.226 e. The molecule has 0 saturated carbocycles. The van der Waals surface area contributed by atoms with Crippen molar-refractivity contribution in [2.24, 2.45) is 5.92 Å². The largest absolute Gasteiger partial charge is 0.343 e. The van der Waals surface area contributed by atoms with Crippen molar-refractivity contribution in [3.8, 4) is 0 Å². The zero-order valence-corrected chi connectivity index (χ0v) is 11.9. The number of rotatable bonds is 5. The summed E-state index contributed by atoms with van der Waals surface area (Å²) >= 11 is 0. The highest BCUT2D eigenvalue weighted by molar-refractivity contribution is 5.76. The monoisotopic (exact) mass is 265 g/mol. The molecule has 1 saturated heterocycles. The highest BCUT2D eigenvalue weighted by Gasteiger charge is 2.23. The van der Waals surface area contributed by atoms with E-state index in [0.717, 1.165) is 56.9 Å². The average molecular weight is 265 g/mol. The van der Waals surface area contributed by atoms with Crippen LogP contribution in [0.3, 0.4) is 0 Å². The van der Waals surface area contributed by atoms with E-state index in [1.807, 2.05) is 18.7 Å². The average Bonchev–Trinajstić information content (AvgIpc) is 2.87. The van der Waals surface area contributed by atoms with Crippen LogP contribution in [-0.4, -0.2) is 34.0 Å². The van der Waals surface area contributed by atoms with E-state index in [9.17, 15) is 4.79 Å². The van der Waals surface area contributed by atoms with E-state index >= 15 is 0 Å². The third-order valence-corrected chi connectivity index (χ3v) is 3.72. The van der Waals surface area contributed by atoms with Gasteiger partial charge >= 0.3 is 0 Å². The first kappa shape index (κ1) is 14.0. The maximum Gasteiger partial charge on any atom is 0.226 e. The number of hydrogen-bond donors (Lipinski definition) is 0. The lowest BCUT2D eigenvalue weighted by atomic mass is 9.93. The van der Waals surface area contributed by atoms with Crippen molar-refractivity contribution in [3.63, 3.8) is 0 Å². The molecule has 0 bridgehead atoms. The number of nitrogens with zero attached hydrogens (tertiary/aromatic N) is 3. The molecule has 0 N–H and O–H groups in total. The molecule has 5 heteroatoms. The summed E-state index contributed by atoms with van der Waals surface area (Å²) in [4.78, 5) is 18.1. The third-order valence-electron chi connectivity index (χ3n) is 3.72. The fourth-order valence-electron chi connectivity index (χ4n) is 2.52. The Balaban J connectivity index is 1.78. The van der Waals surface area contributed by atoms with E-state index in [0.29, 0.717) is 18.2 Å². The summed E-state index contributed by atoms with van der Waals surface area (Å²) < 4.78 is 5.23. The van der Waals surface area contributed by atoms with Crippen LogP contribution in [0.5, 0.6) is 0 Å². The van der Waals surface area contributed by atoms with Crippen LogP contribution in [-0.2, 0) is 17.6 Å². The van der Waals surface area contributed by atoms with Crippen LogP contribution in [0.2, 0.25) is 0 Å². The van der Waals surface area contributed by atoms with Gasteiger partial charge in [0.2, 0.25) is 11.8 Å². The van der Waals surface area contributed by atoms with Crippen LogP contribution in [0.4, 0.5) is 0 Å². The second kappa shape index (κ2) is 6.68. The highest BCUT2D eigenvalue weighted by atomic mass is 16.5. The summed E-state index contributed by atoms with van der Waals surface area (Å²) in [5.74, 6) is 2.39. The van der Waals surface area contributed by atoms with Crippen LogP contribution in [0.1, 0.15) is 51.2 Å². The van der Waals surface area contributed by atoms with Crippen LogP contribution in [0.15, 0.2) is 4.52 Å². The molecule has 5 nitrogen and oxygen atoms in total. The molecule has 19 heavy (non-hydrogen) atoms. The molecule has 0 aromatic carbocycles. The lowest BCUT2D eigenvalue weighted by molar-refractivity contribution is -0.132. The molecule has 106 valence electrons. The van der Waals surface area contributed by atoms with E-state index < -0.39 is 0 Å². The van der Waals surface area contributed by atoms with E-state index in [2.05, 4.69) is 10.1 Å². The summed E-state index contributed by atoms with van der Waals surface area (Å²) in [6, 6.07) is 0. The van der Waals surface area contributed by atoms with E-state index in [1.165, 1.54) is 0 Å². The maximum absolute atomic E-state index is 11.8. The second-order valence-electron chi connectivity index (χ2n) is 5.24. The van der Waals surface area contributed by atoms with Crippen molar-refractivity contribution in [1.29, 1.82) is 0 Å². The predicted octanol–water partition coefficient (Wildman–Crippen LogP) is 2.21. The molecule has 1 aromatic heterocycles. The molecule has 2 heterocycles. The molecule has 1 fully saturated rings. The van der Waals surface area contributed by atoms with Crippen molar-refractivity contribution in [2.45, 2.75) is 52.4 Å². The fraction of sp³-hybridized carbons (Fsp3) is 0.786. The zero-order valence-electron chi connectivity index (χ0n) is 11.9. The molecular formula is C14H23N3O2. The van der Waals surface area contributed by atoms with Crippen LogP contribution in [0, 0.1) is 5.92 Å². The van der Waals surface area contributed by atoms with E-state index in [4.69, 9.17) is 4.52 Å². The number of aryl methyl sites for hydroxylation is 1. The Hall–Kier alpha value is -1.39. The third kappa shape index (κ3) is 3.78. The van der Waals surface area contributed by atoms with Gasteiger partial charge in [0, 0.05) is 32.4 Å². The SMILES string of the molecule is CCCC(=O)N1CCC(Cc2nc(CC)no2)CC1. The van der Waals surface area contributed by atoms with Gasteiger partial charge < -0.3 is 9.42 Å². The molecule has 0 unspecified atom stereocenters. The van der Waals surface area contributed by atoms with Gasteiger partial charge in [-0.3, -0.25) is 4.79 Å². The predicted molar refractivity (Wildman–Crippen MR) is 71.6 cm³/mol. The molecule has 0 spiro atoms. The molecule has 0 radical (unpaired) electrons. The molecular weight excluding hydrogens is 242 g/mol. The molecule has 0 atom stereocenters. The quantitative estimate of drug-likeness (QED) is 0.819. The topological polar surface area (TPSA) is 59.2 Å². The van der Waals surface area contributed by atoms with Crippen molar-refractivity contribution >= 4 is 5.91 Å². The first-order chi connectivity index (χ1) is 9.22.